The van der Waals surface area contributed by atoms with Crippen LogP contribution in [0.25, 0.3) is 0 Å². The molecule has 0 aliphatic rings. The van der Waals surface area contributed by atoms with Gasteiger partial charge in [0.25, 0.3) is 11.8 Å². The molecule has 3 N–H and O–H groups in total. The molecule has 0 aromatic carbocycles. The molecule has 0 aliphatic carbocycles. The summed E-state index contributed by atoms with van der Waals surface area (Å²) in [5.41, 5.74) is 0.929. The number of pyridine rings is 1. The third-order valence-electron chi connectivity index (χ3n) is 3.25. The van der Waals surface area contributed by atoms with E-state index in [1.54, 1.807) is 26.1 Å². The zero-order valence-electron chi connectivity index (χ0n) is 13.7. The van der Waals surface area contributed by atoms with E-state index in [-0.39, 0.29) is 23.8 Å². The van der Waals surface area contributed by atoms with Crippen molar-refractivity contribution in [3.63, 3.8) is 0 Å². The lowest BCUT2D eigenvalue weighted by Crippen LogP contribution is -2.33. The van der Waals surface area contributed by atoms with E-state index in [0.29, 0.717) is 5.56 Å². The average Bonchev–Trinajstić information content (AvgIpc) is 3.01. The Morgan fingerprint density at radius 2 is 2.04 bits per heavy atom. The molecule has 2 rings (SSSR count). The molecular weight excluding hydrogens is 308 g/mol. The van der Waals surface area contributed by atoms with Crippen LogP contribution < -0.4 is 10.6 Å². The van der Waals surface area contributed by atoms with Crippen LogP contribution in [-0.2, 0) is 0 Å². The highest BCUT2D eigenvalue weighted by Gasteiger charge is 2.21. The van der Waals surface area contributed by atoms with Crippen LogP contribution >= 0.6 is 0 Å². The molecule has 0 aliphatic heterocycles. The highest BCUT2D eigenvalue weighted by molar-refractivity contribution is 6.08. The number of nitrogens with zero attached hydrogens (tertiary/aromatic N) is 3. The minimum atomic E-state index is -0.688. The minimum absolute atomic E-state index is 0.123. The monoisotopic (exact) mass is 326 g/mol. The first-order valence-electron chi connectivity index (χ1n) is 7.28. The van der Waals surface area contributed by atoms with E-state index >= 15 is 0 Å². The Hall–Kier alpha value is -3.21. The summed E-state index contributed by atoms with van der Waals surface area (Å²) in [5, 5.41) is 20.6. The van der Waals surface area contributed by atoms with Gasteiger partial charge >= 0.3 is 0 Å². The molecule has 2 aromatic rings. The van der Waals surface area contributed by atoms with Crippen LogP contribution in [-0.4, -0.2) is 33.5 Å². The molecule has 8 heteroatoms. The van der Waals surface area contributed by atoms with Crippen LogP contribution in [0.5, 0.6) is 0 Å². The van der Waals surface area contributed by atoms with Crippen molar-refractivity contribution in [3.05, 3.63) is 41.5 Å². The fraction of sp³-hybridized carbons (Fsp3) is 0.312. The summed E-state index contributed by atoms with van der Waals surface area (Å²) < 4.78 is 0. The van der Waals surface area contributed by atoms with Crippen LogP contribution in [0.1, 0.15) is 40.3 Å². The van der Waals surface area contributed by atoms with E-state index in [4.69, 9.17) is 5.26 Å². The van der Waals surface area contributed by atoms with Gasteiger partial charge in [-0.25, -0.2) is 0 Å². The molecule has 2 aromatic heterocycles. The number of carbonyl (C=O) groups excluding carboxylic acids is 2. The van der Waals surface area contributed by atoms with Gasteiger partial charge < -0.3 is 10.6 Å². The summed E-state index contributed by atoms with van der Waals surface area (Å²) in [7, 11) is 0. The Morgan fingerprint density at radius 3 is 2.71 bits per heavy atom. The second kappa shape index (κ2) is 6.91. The van der Waals surface area contributed by atoms with Gasteiger partial charge in [-0.15, -0.1) is 0 Å². The SMILES string of the molecule is Cc1cncc(C(=O)Nc2cn[nH]c2C(=O)NCC(C)(C)C#N)c1. The van der Waals surface area contributed by atoms with Crippen molar-refractivity contribution in [2.75, 3.05) is 11.9 Å². The van der Waals surface area contributed by atoms with Crippen molar-refractivity contribution in [2.45, 2.75) is 20.8 Å². The standard InChI is InChI=1S/C16H18N6O2/c1-10-4-11(6-18-5-10)14(23)21-12-7-20-22-13(12)15(24)19-9-16(2,3)8-17/h4-7H,9H2,1-3H3,(H,19,24)(H,20,22)(H,21,23). The zero-order valence-corrected chi connectivity index (χ0v) is 13.7. The first-order chi connectivity index (χ1) is 11.3. The molecule has 2 amide bonds. The third kappa shape index (κ3) is 4.16. The molecule has 0 unspecified atom stereocenters. The predicted molar refractivity (Wildman–Crippen MR) is 87.2 cm³/mol. The van der Waals surface area contributed by atoms with E-state index in [0.717, 1.165) is 5.56 Å². The van der Waals surface area contributed by atoms with Crippen molar-refractivity contribution in [1.82, 2.24) is 20.5 Å². The molecule has 24 heavy (non-hydrogen) atoms. The van der Waals surface area contributed by atoms with Gasteiger partial charge in [-0.05, 0) is 32.4 Å². The summed E-state index contributed by atoms with van der Waals surface area (Å²) in [4.78, 5) is 28.4. The topological polar surface area (TPSA) is 124 Å². The Labute approximate surface area is 139 Å². The average molecular weight is 326 g/mol. The van der Waals surface area contributed by atoms with Crippen LogP contribution in [0.3, 0.4) is 0 Å². The van der Waals surface area contributed by atoms with E-state index in [2.05, 4.69) is 31.9 Å². The second-order valence-electron chi connectivity index (χ2n) is 6.04. The smallest absolute Gasteiger partial charge is 0.271 e. The van der Waals surface area contributed by atoms with Gasteiger partial charge in [0.2, 0.25) is 0 Å². The number of hydrogen-bond acceptors (Lipinski definition) is 5. The quantitative estimate of drug-likeness (QED) is 0.770. The number of aryl methyl sites for hydroxylation is 1. The Balaban J connectivity index is 2.09. The van der Waals surface area contributed by atoms with E-state index < -0.39 is 11.3 Å². The van der Waals surface area contributed by atoms with E-state index in [1.807, 2.05) is 6.92 Å². The van der Waals surface area contributed by atoms with Gasteiger partial charge in [0.15, 0.2) is 0 Å². The number of aromatic amines is 1. The molecule has 0 radical (unpaired) electrons. The second-order valence-corrected chi connectivity index (χ2v) is 6.04. The fourth-order valence-electron chi connectivity index (χ4n) is 1.86. The number of nitrogens with one attached hydrogen (secondary N) is 3. The van der Waals surface area contributed by atoms with Crippen molar-refractivity contribution < 1.29 is 9.59 Å². The molecule has 8 nitrogen and oxygen atoms in total. The molecule has 0 saturated carbocycles. The number of aromatic nitrogens is 3. The summed E-state index contributed by atoms with van der Waals surface area (Å²) in [6.07, 6.45) is 4.44. The maximum absolute atomic E-state index is 12.2. The van der Waals surface area contributed by atoms with Crippen molar-refractivity contribution >= 4 is 17.5 Å². The van der Waals surface area contributed by atoms with Gasteiger partial charge in [-0.2, -0.15) is 10.4 Å². The molecule has 124 valence electrons. The number of amides is 2. The van der Waals surface area contributed by atoms with E-state index in [9.17, 15) is 9.59 Å². The van der Waals surface area contributed by atoms with Crippen molar-refractivity contribution in [3.8, 4) is 6.07 Å². The molecule has 0 saturated heterocycles. The number of nitriles is 1. The lowest BCUT2D eigenvalue weighted by molar-refractivity contribution is 0.0939. The number of anilines is 1. The third-order valence-corrected chi connectivity index (χ3v) is 3.25. The minimum Gasteiger partial charge on any atom is -0.349 e. The number of carbonyl (C=O) groups is 2. The summed E-state index contributed by atoms with van der Waals surface area (Å²) in [6, 6.07) is 3.79. The Kier molecular flexibility index (Phi) is 4.94. The molecule has 0 bridgehead atoms. The van der Waals surface area contributed by atoms with Gasteiger partial charge in [0.05, 0.1) is 28.9 Å². The normalized spacial score (nSPS) is 10.8. The van der Waals surface area contributed by atoms with Crippen LogP contribution in [0.4, 0.5) is 5.69 Å². The number of H-pyrrole nitrogens is 1. The van der Waals surface area contributed by atoms with Crippen molar-refractivity contribution in [1.29, 1.82) is 5.26 Å². The van der Waals surface area contributed by atoms with Gasteiger partial charge in [0.1, 0.15) is 5.69 Å². The van der Waals surface area contributed by atoms with E-state index in [1.165, 1.54) is 12.4 Å². The Bertz CT molecular complexity index is 803. The molecule has 0 fully saturated rings. The molecule has 0 spiro atoms. The number of hydrogen-bond donors (Lipinski definition) is 3. The first kappa shape index (κ1) is 17.1. The molecule has 2 heterocycles. The lowest BCUT2D eigenvalue weighted by atomic mass is 9.96. The maximum Gasteiger partial charge on any atom is 0.271 e. The molecule has 0 atom stereocenters. The predicted octanol–water partition coefficient (Wildman–Crippen LogP) is 1.64. The van der Waals surface area contributed by atoms with Crippen molar-refractivity contribution in [2.24, 2.45) is 5.41 Å². The fourth-order valence-corrected chi connectivity index (χ4v) is 1.86. The highest BCUT2D eigenvalue weighted by Crippen LogP contribution is 2.15. The van der Waals surface area contributed by atoms with Gasteiger partial charge in [-0.3, -0.25) is 19.7 Å². The maximum atomic E-state index is 12.2. The lowest BCUT2D eigenvalue weighted by Gasteiger charge is -2.15. The molecular formula is C16H18N6O2. The zero-order chi connectivity index (χ0) is 17.7. The number of rotatable bonds is 5. The summed E-state index contributed by atoms with van der Waals surface area (Å²) >= 11 is 0. The largest absolute Gasteiger partial charge is 0.349 e. The Morgan fingerprint density at radius 1 is 1.29 bits per heavy atom. The van der Waals surface area contributed by atoms with Crippen LogP contribution in [0.2, 0.25) is 0 Å². The summed E-state index contributed by atoms with van der Waals surface area (Å²) in [6.45, 7) is 5.44. The van der Waals surface area contributed by atoms with Crippen LogP contribution in [0.15, 0.2) is 24.7 Å². The summed E-state index contributed by atoms with van der Waals surface area (Å²) in [5.74, 6) is -0.840. The van der Waals surface area contributed by atoms with Gasteiger partial charge in [0, 0.05) is 18.9 Å². The van der Waals surface area contributed by atoms with Crippen LogP contribution in [0, 0.1) is 23.7 Å². The first-order valence-corrected chi connectivity index (χ1v) is 7.28. The van der Waals surface area contributed by atoms with Gasteiger partial charge in [-0.1, -0.05) is 0 Å². The highest BCUT2D eigenvalue weighted by atomic mass is 16.2.